The van der Waals surface area contributed by atoms with Gasteiger partial charge < -0.3 is 9.64 Å². The summed E-state index contributed by atoms with van der Waals surface area (Å²) in [6.07, 6.45) is 1.59. The highest BCUT2D eigenvalue weighted by molar-refractivity contribution is 5.92. The number of amides is 1. The smallest absolute Gasteiger partial charge is 0.272 e. The van der Waals surface area contributed by atoms with Crippen molar-refractivity contribution in [3.8, 4) is 0 Å². The molecule has 1 aromatic carbocycles. The number of benzene rings is 1. The van der Waals surface area contributed by atoms with E-state index < -0.39 is 0 Å². The second-order valence-electron chi connectivity index (χ2n) is 6.79. The van der Waals surface area contributed by atoms with Crippen LogP contribution in [0.2, 0.25) is 0 Å². The number of aromatic amines is 1. The number of ether oxygens (including phenoxy) is 1. The lowest BCUT2D eigenvalue weighted by molar-refractivity contribution is -0.00336. The zero-order valence-electron chi connectivity index (χ0n) is 15.6. The van der Waals surface area contributed by atoms with E-state index in [1.54, 1.807) is 12.3 Å². The molecule has 4 rings (SSSR count). The highest BCUT2D eigenvalue weighted by Gasteiger charge is 2.33. The fraction of sp³-hybridized carbons (Fsp3) is 0.350. The summed E-state index contributed by atoms with van der Waals surface area (Å²) < 4.78 is 7.72. The van der Waals surface area contributed by atoms with Gasteiger partial charge in [-0.3, -0.25) is 14.6 Å². The second kappa shape index (κ2) is 7.36. The second-order valence-corrected chi connectivity index (χ2v) is 6.79. The molecular weight excluding hydrogens is 342 g/mol. The van der Waals surface area contributed by atoms with Gasteiger partial charge in [0.2, 0.25) is 0 Å². The molecule has 27 heavy (non-hydrogen) atoms. The van der Waals surface area contributed by atoms with Crippen LogP contribution >= 0.6 is 0 Å². The summed E-state index contributed by atoms with van der Waals surface area (Å²) in [5, 5.41) is 11.4. The molecule has 0 spiro atoms. The molecule has 0 radical (unpaired) electrons. The van der Waals surface area contributed by atoms with E-state index in [4.69, 9.17) is 9.84 Å². The van der Waals surface area contributed by atoms with E-state index >= 15 is 0 Å². The minimum atomic E-state index is -0.154. The Balaban J connectivity index is 1.65. The molecule has 140 valence electrons. The number of carbonyl (C=O) groups excluding carboxylic acids is 1. The maximum atomic E-state index is 12.9. The largest absolute Gasteiger partial charge is 0.377 e. The third-order valence-electron chi connectivity index (χ3n) is 5.07. The molecule has 1 aliphatic rings. The van der Waals surface area contributed by atoms with Crippen molar-refractivity contribution in [3.63, 3.8) is 0 Å². The fourth-order valence-corrected chi connectivity index (χ4v) is 3.72. The van der Waals surface area contributed by atoms with E-state index in [-0.39, 0.29) is 11.9 Å². The van der Waals surface area contributed by atoms with Crippen LogP contribution < -0.4 is 0 Å². The molecule has 1 amide bonds. The molecule has 2 aromatic heterocycles. The molecular formula is C20H23N5O2. The molecule has 0 bridgehead atoms. The first-order valence-corrected chi connectivity index (χ1v) is 9.11. The highest BCUT2D eigenvalue weighted by atomic mass is 16.5. The number of rotatable bonds is 4. The fourth-order valence-electron chi connectivity index (χ4n) is 3.72. The molecule has 3 heterocycles. The normalized spacial score (nSPS) is 17.3. The maximum absolute atomic E-state index is 12.9. The van der Waals surface area contributed by atoms with Crippen LogP contribution in [0.1, 0.15) is 39.0 Å². The molecule has 1 fully saturated rings. The van der Waals surface area contributed by atoms with Crippen LogP contribution in [-0.4, -0.2) is 50.5 Å². The predicted octanol–water partition coefficient (Wildman–Crippen LogP) is 2.49. The summed E-state index contributed by atoms with van der Waals surface area (Å²) in [5.74, 6) is -0.0598. The summed E-state index contributed by atoms with van der Waals surface area (Å²) >= 11 is 0. The Kier molecular flexibility index (Phi) is 4.77. The van der Waals surface area contributed by atoms with Gasteiger partial charge in [-0.25, -0.2) is 0 Å². The number of nitrogens with zero attached hydrogens (tertiary/aromatic N) is 4. The lowest BCUT2D eigenvalue weighted by Gasteiger charge is -2.35. The average Bonchev–Trinajstić information content (AvgIpc) is 3.31. The van der Waals surface area contributed by atoms with Crippen LogP contribution in [0.4, 0.5) is 0 Å². The van der Waals surface area contributed by atoms with Crippen LogP contribution in [0.5, 0.6) is 0 Å². The van der Waals surface area contributed by atoms with Gasteiger partial charge in [0.25, 0.3) is 5.91 Å². The molecule has 1 N–H and O–H groups in total. The van der Waals surface area contributed by atoms with Gasteiger partial charge in [0.05, 0.1) is 31.5 Å². The third-order valence-corrected chi connectivity index (χ3v) is 5.07. The lowest BCUT2D eigenvalue weighted by Crippen LogP contribution is -2.44. The van der Waals surface area contributed by atoms with Gasteiger partial charge in [-0.2, -0.15) is 10.2 Å². The summed E-state index contributed by atoms with van der Waals surface area (Å²) in [7, 11) is 0. The van der Waals surface area contributed by atoms with Crippen LogP contribution in [0.3, 0.4) is 0 Å². The van der Waals surface area contributed by atoms with E-state index in [0.717, 1.165) is 17.0 Å². The number of hydrogen-bond acceptors (Lipinski definition) is 4. The quantitative estimate of drug-likeness (QED) is 0.771. The van der Waals surface area contributed by atoms with Crippen LogP contribution in [-0.2, 0) is 11.3 Å². The van der Waals surface area contributed by atoms with Crippen molar-refractivity contribution in [2.24, 2.45) is 0 Å². The van der Waals surface area contributed by atoms with E-state index in [9.17, 15) is 4.79 Å². The molecule has 0 unspecified atom stereocenters. The molecule has 1 saturated heterocycles. The average molecular weight is 365 g/mol. The number of nitrogens with one attached hydrogen (secondary N) is 1. The van der Waals surface area contributed by atoms with Gasteiger partial charge in [-0.15, -0.1) is 0 Å². The predicted molar refractivity (Wildman–Crippen MR) is 100 cm³/mol. The van der Waals surface area contributed by atoms with Crippen molar-refractivity contribution in [2.45, 2.75) is 26.4 Å². The van der Waals surface area contributed by atoms with E-state index in [1.807, 2.05) is 34.7 Å². The van der Waals surface area contributed by atoms with E-state index in [1.165, 1.54) is 5.56 Å². The topological polar surface area (TPSA) is 76.0 Å². The molecule has 3 aromatic rings. The third kappa shape index (κ3) is 3.38. The SMILES string of the molecule is Cc1nn(Cc2ccccc2)c(C)c1[C@H]1COCCN1C(=O)c1ccn[nH]1. The van der Waals surface area contributed by atoms with Crippen LogP contribution in [0.15, 0.2) is 42.6 Å². The summed E-state index contributed by atoms with van der Waals surface area (Å²) in [6.45, 7) is 6.31. The Morgan fingerprint density at radius 3 is 2.81 bits per heavy atom. The van der Waals surface area contributed by atoms with Crippen LogP contribution in [0.25, 0.3) is 0 Å². The molecule has 0 aliphatic carbocycles. The van der Waals surface area contributed by atoms with Crippen molar-refractivity contribution in [2.75, 3.05) is 19.8 Å². The van der Waals surface area contributed by atoms with Crippen molar-refractivity contribution in [1.82, 2.24) is 24.9 Å². The Hall–Kier alpha value is -2.93. The summed E-state index contributed by atoms with van der Waals surface area (Å²) in [5.41, 5.74) is 4.75. The minimum absolute atomic E-state index is 0.0598. The van der Waals surface area contributed by atoms with Gasteiger partial charge in [0.15, 0.2) is 0 Å². The highest BCUT2D eigenvalue weighted by Crippen LogP contribution is 2.30. The number of aryl methyl sites for hydroxylation is 1. The monoisotopic (exact) mass is 365 g/mol. The van der Waals surface area contributed by atoms with Crippen molar-refractivity contribution < 1.29 is 9.53 Å². The van der Waals surface area contributed by atoms with Crippen molar-refractivity contribution >= 4 is 5.91 Å². The van der Waals surface area contributed by atoms with Crippen molar-refractivity contribution in [1.29, 1.82) is 0 Å². The molecule has 0 saturated carbocycles. The summed E-state index contributed by atoms with van der Waals surface area (Å²) in [6, 6.07) is 11.8. The molecule has 7 heteroatoms. The zero-order chi connectivity index (χ0) is 18.8. The van der Waals surface area contributed by atoms with Gasteiger partial charge in [-0.1, -0.05) is 30.3 Å². The molecule has 1 aliphatic heterocycles. The lowest BCUT2D eigenvalue weighted by atomic mass is 10.0. The van der Waals surface area contributed by atoms with E-state index in [0.29, 0.717) is 32.0 Å². The van der Waals surface area contributed by atoms with Gasteiger partial charge in [-0.05, 0) is 25.5 Å². The Labute approximate surface area is 157 Å². The van der Waals surface area contributed by atoms with Gasteiger partial charge in [0, 0.05) is 24.0 Å². The number of carbonyl (C=O) groups is 1. The number of morpholine rings is 1. The summed E-state index contributed by atoms with van der Waals surface area (Å²) in [4.78, 5) is 14.8. The Morgan fingerprint density at radius 1 is 1.26 bits per heavy atom. The number of hydrogen-bond donors (Lipinski definition) is 1. The van der Waals surface area contributed by atoms with Crippen molar-refractivity contribution in [3.05, 3.63) is 70.8 Å². The Morgan fingerprint density at radius 2 is 2.07 bits per heavy atom. The molecule has 7 nitrogen and oxygen atoms in total. The number of H-pyrrole nitrogens is 1. The maximum Gasteiger partial charge on any atom is 0.272 e. The standard InChI is InChI=1S/C20H23N5O2/c1-14-19(15(2)25(23-14)12-16-6-4-3-5-7-16)18-13-27-11-10-24(18)20(26)17-8-9-21-22-17/h3-9,18H,10-13H2,1-2H3,(H,21,22)/t18-/m1/s1. The molecule has 1 atom stereocenters. The first kappa shape index (κ1) is 17.5. The van der Waals surface area contributed by atoms with Gasteiger partial charge >= 0.3 is 0 Å². The van der Waals surface area contributed by atoms with E-state index in [2.05, 4.69) is 29.3 Å². The van der Waals surface area contributed by atoms with Gasteiger partial charge in [0.1, 0.15) is 5.69 Å². The first-order valence-electron chi connectivity index (χ1n) is 9.11. The first-order chi connectivity index (χ1) is 13.1. The minimum Gasteiger partial charge on any atom is -0.377 e. The number of aromatic nitrogens is 4. The Bertz CT molecular complexity index is 918. The zero-order valence-corrected chi connectivity index (χ0v) is 15.6. The van der Waals surface area contributed by atoms with Crippen LogP contribution in [0, 0.1) is 13.8 Å².